The van der Waals surface area contributed by atoms with Crippen LogP contribution in [-0.2, 0) is 6.54 Å². The van der Waals surface area contributed by atoms with Gasteiger partial charge in [-0.2, -0.15) is 0 Å². The average Bonchev–Trinajstić information content (AvgIpc) is 2.78. The van der Waals surface area contributed by atoms with Crippen LogP contribution in [0.25, 0.3) is 10.9 Å². The maximum absolute atomic E-state index is 6.25. The maximum Gasteiger partial charge on any atom is 0.0661 e. The highest BCUT2D eigenvalue weighted by atomic mass is 79.9. The second-order valence-electron chi connectivity index (χ2n) is 4.59. The molecule has 0 aliphatic heterocycles. The van der Waals surface area contributed by atoms with E-state index in [0.29, 0.717) is 0 Å². The molecule has 3 aromatic rings. The van der Waals surface area contributed by atoms with Crippen molar-refractivity contribution in [2.24, 2.45) is 0 Å². The lowest BCUT2D eigenvalue weighted by atomic mass is 10.2. The predicted molar refractivity (Wildman–Crippen MR) is 89.6 cm³/mol. The fraction of sp³-hybridized carbons (Fsp3) is 0.125. The molecule has 0 aliphatic rings. The third-order valence-electron chi connectivity index (χ3n) is 3.28. The molecule has 1 N–H and O–H groups in total. The minimum absolute atomic E-state index is 0.807. The number of hydrogen-bond acceptors (Lipinski definition) is 1. The monoisotopic (exact) mass is 348 g/mol. The lowest BCUT2D eigenvalue weighted by molar-refractivity contribution is 0.757. The van der Waals surface area contributed by atoms with Gasteiger partial charge in [-0.15, -0.1) is 0 Å². The quantitative estimate of drug-likeness (QED) is 0.687. The third kappa shape index (κ3) is 2.69. The van der Waals surface area contributed by atoms with Crippen LogP contribution in [0.15, 0.2) is 59.2 Å². The molecule has 102 valence electrons. The van der Waals surface area contributed by atoms with Crippen LogP contribution in [0.1, 0.15) is 0 Å². The molecule has 0 amide bonds. The van der Waals surface area contributed by atoms with Gasteiger partial charge in [0.05, 0.1) is 5.02 Å². The Balaban J connectivity index is 1.73. The molecule has 2 nitrogen and oxygen atoms in total. The van der Waals surface area contributed by atoms with E-state index in [1.54, 1.807) is 0 Å². The molecule has 0 radical (unpaired) electrons. The number of nitrogens with one attached hydrogen (secondary N) is 1. The molecule has 4 heteroatoms. The summed E-state index contributed by atoms with van der Waals surface area (Å²) in [6.07, 6.45) is 1.99. The molecular formula is C16H14BrClN2. The molecule has 1 heterocycles. The van der Waals surface area contributed by atoms with E-state index in [1.165, 1.54) is 5.52 Å². The van der Waals surface area contributed by atoms with Crippen molar-refractivity contribution in [3.63, 3.8) is 0 Å². The third-order valence-corrected chi connectivity index (χ3v) is 4.27. The highest BCUT2D eigenvalue weighted by molar-refractivity contribution is 9.10. The van der Waals surface area contributed by atoms with Crippen molar-refractivity contribution in [1.82, 2.24) is 4.57 Å². The maximum atomic E-state index is 6.25. The Morgan fingerprint density at radius 2 is 1.80 bits per heavy atom. The molecule has 0 spiro atoms. The molecule has 20 heavy (non-hydrogen) atoms. The van der Waals surface area contributed by atoms with E-state index in [2.05, 4.69) is 44.0 Å². The summed E-state index contributed by atoms with van der Waals surface area (Å²) >= 11 is 9.79. The summed E-state index contributed by atoms with van der Waals surface area (Å²) < 4.78 is 3.26. The lowest BCUT2D eigenvalue weighted by Crippen LogP contribution is -2.09. The van der Waals surface area contributed by atoms with Gasteiger partial charge in [-0.05, 0) is 34.1 Å². The first kappa shape index (κ1) is 13.5. The lowest BCUT2D eigenvalue weighted by Gasteiger charge is -2.09. The summed E-state index contributed by atoms with van der Waals surface area (Å²) in [5.74, 6) is 0. The average molecular weight is 350 g/mol. The largest absolute Gasteiger partial charge is 0.382 e. The summed E-state index contributed by atoms with van der Waals surface area (Å²) in [6, 6.07) is 16.3. The standard InChI is InChI=1S/C16H14BrClN2/c17-13-6-2-3-7-15(13)19-9-10-20-11-14(18)12-5-1-4-8-16(12)20/h1-8,11,19H,9-10H2. The molecule has 0 aliphatic carbocycles. The van der Waals surface area contributed by atoms with E-state index < -0.39 is 0 Å². The molecule has 1 aromatic heterocycles. The second kappa shape index (κ2) is 5.90. The van der Waals surface area contributed by atoms with Gasteiger partial charge in [-0.25, -0.2) is 0 Å². The zero-order chi connectivity index (χ0) is 13.9. The van der Waals surface area contributed by atoms with Crippen LogP contribution < -0.4 is 5.32 Å². The smallest absolute Gasteiger partial charge is 0.0661 e. The number of hydrogen-bond donors (Lipinski definition) is 1. The number of rotatable bonds is 4. The van der Waals surface area contributed by atoms with Crippen LogP contribution in [0.5, 0.6) is 0 Å². The van der Waals surface area contributed by atoms with Crippen molar-refractivity contribution < 1.29 is 0 Å². The summed E-state index contributed by atoms with van der Waals surface area (Å²) in [4.78, 5) is 0. The van der Waals surface area contributed by atoms with Gasteiger partial charge in [0.1, 0.15) is 0 Å². The van der Waals surface area contributed by atoms with E-state index in [9.17, 15) is 0 Å². The predicted octanol–water partition coefficient (Wildman–Crippen LogP) is 5.17. The van der Waals surface area contributed by atoms with E-state index in [-0.39, 0.29) is 0 Å². The van der Waals surface area contributed by atoms with Crippen LogP contribution in [0.2, 0.25) is 5.02 Å². The highest BCUT2D eigenvalue weighted by Crippen LogP contribution is 2.25. The van der Waals surface area contributed by atoms with Crippen molar-refractivity contribution in [1.29, 1.82) is 0 Å². The minimum atomic E-state index is 0.807. The Bertz CT molecular complexity index is 736. The van der Waals surface area contributed by atoms with Crippen LogP contribution in [0.3, 0.4) is 0 Å². The van der Waals surface area contributed by atoms with E-state index in [0.717, 1.165) is 33.7 Å². The fourth-order valence-electron chi connectivity index (χ4n) is 2.30. The summed E-state index contributed by atoms with van der Waals surface area (Å²) in [5, 5.41) is 5.34. The Morgan fingerprint density at radius 1 is 1.05 bits per heavy atom. The van der Waals surface area contributed by atoms with Gasteiger partial charge in [0, 0.05) is 40.3 Å². The van der Waals surface area contributed by atoms with Crippen molar-refractivity contribution in [3.8, 4) is 0 Å². The molecule has 0 saturated carbocycles. The molecule has 2 aromatic carbocycles. The van der Waals surface area contributed by atoms with Crippen LogP contribution in [0.4, 0.5) is 5.69 Å². The summed E-state index contributed by atoms with van der Waals surface area (Å²) in [5.41, 5.74) is 2.28. The number of nitrogens with zero attached hydrogens (tertiary/aromatic N) is 1. The van der Waals surface area contributed by atoms with E-state index >= 15 is 0 Å². The molecule has 0 atom stereocenters. The molecule has 0 unspecified atom stereocenters. The second-order valence-corrected chi connectivity index (χ2v) is 5.86. The number of fused-ring (bicyclic) bond motifs is 1. The zero-order valence-corrected chi connectivity index (χ0v) is 13.2. The van der Waals surface area contributed by atoms with Gasteiger partial charge in [-0.3, -0.25) is 0 Å². The SMILES string of the molecule is Clc1cn(CCNc2ccccc2Br)c2ccccc12. The van der Waals surface area contributed by atoms with Gasteiger partial charge in [-0.1, -0.05) is 41.9 Å². The van der Waals surface area contributed by atoms with Gasteiger partial charge in [0.2, 0.25) is 0 Å². The van der Waals surface area contributed by atoms with Crippen molar-refractivity contribution in [3.05, 3.63) is 64.2 Å². The van der Waals surface area contributed by atoms with Crippen molar-refractivity contribution in [2.45, 2.75) is 6.54 Å². The van der Waals surface area contributed by atoms with Crippen LogP contribution in [0, 0.1) is 0 Å². The summed E-state index contributed by atoms with van der Waals surface area (Å²) in [7, 11) is 0. The van der Waals surface area contributed by atoms with E-state index in [4.69, 9.17) is 11.6 Å². The molecule has 0 saturated heterocycles. The Morgan fingerprint density at radius 3 is 2.65 bits per heavy atom. The summed E-state index contributed by atoms with van der Waals surface area (Å²) in [6.45, 7) is 1.71. The van der Waals surface area contributed by atoms with Crippen LogP contribution in [-0.4, -0.2) is 11.1 Å². The first-order valence-corrected chi connectivity index (χ1v) is 7.64. The molecule has 3 rings (SSSR count). The first-order valence-electron chi connectivity index (χ1n) is 6.47. The van der Waals surface area contributed by atoms with Gasteiger partial charge in [0.25, 0.3) is 0 Å². The topological polar surface area (TPSA) is 17.0 Å². The van der Waals surface area contributed by atoms with Gasteiger partial charge < -0.3 is 9.88 Å². The number of halogens is 2. The number of para-hydroxylation sites is 2. The number of aromatic nitrogens is 1. The molecular weight excluding hydrogens is 336 g/mol. The first-order chi connectivity index (χ1) is 9.75. The normalized spacial score (nSPS) is 10.9. The van der Waals surface area contributed by atoms with Gasteiger partial charge in [0.15, 0.2) is 0 Å². The highest BCUT2D eigenvalue weighted by Gasteiger charge is 2.05. The van der Waals surface area contributed by atoms with Crippen LogP contribution >= 0.6 is 27.5 Å². The zero-order valence-electron chi connectivity index (χ0n) is 10.8. The van der Waals surface area contributed by atoms with Crippen molar-refractivity contribution >= 4 is 44.1 Å². The van der Waals surface area contributed by atoms with E-state index in [1.807, 2.05) is 36.5 Å². The Labute approximate surface area is 131 Å². The number of benzene rings is 2. The Kier molecular flexibility index (Phi) is 3.99. The van der Waals surface area contributed by atoms with Crippen molar-refractivity contribution in [2.75, 3.05) is 11.9 Å². The van der Waals surface area contributed by atoms with Gasteiger partial charge >= 0.3 is 0 Å². The minimum Gasteiger partial charge on any atom is -0.382 e. The number of anilines is 1. The fourth-order valence-corrected chi connectivity index (χ4v) is 3.01. The molecule has 0 fully saturated rings. The Hall–Kier alpha value is -1.45. The molecule has 0 bridgehead atoms.